The number of carbonyl (C=O) groups excluding carboxylic acids is 4. The van der Waals surface area contributed by atoms with Crippen molar-refractivity contribution in [3.05, 3.63) is 61.2 Å². The smallest absolute Gasteiger partial charge is 0.313 e. The van der Waals surface area contributed by atoms with Gasteiger partial charge in [-0.25, -0.2) is 0 Å². The molecule has 3 saturated heterocycles. The van der Waals surface area contributed by atoms with Gasteiger partial charge in [0.15, 0.2) is 0 Å². The molecule has 268 valence electrons. The number of carbonyl (C=O) groups is 4. The number of aliphatic hydroxyl groups excluding tert-OH is 1. The first-order valence-electron chi connectivity index (χ1n) is 18.4. The Hall–Kier alpha value is -3.50. The summed E-state index contributed by atoms with van der Waals surface area (Å²) in [4.78, 5) is 59.9. The van der Waals surface area contributed by atoms with Crippen molar-refractivity contribution in [2.45, 2.75) is 126 Å². The van der Waals surface area contributed by atoms with Crippen LogP contribution in [0.4, 0.5) is 0 Å². The maximum absolute atomic E-state index is 14.8. The first-order valence-corrected chi connectivity index (χ1v) is 18.4. The summed E-state index contributed by atoms with van der Waals surface area (Å²) >= 11 is 0. The Kier molecular flexibility index (Phi) is 12.7. The molecule has 0 unspecified atom stereocenters. The molecule has 2 bridgehead atoms. The maximum Gasteiger partial charge on any atom is 0.313 e. The van der Waals surface area contributed by atoms with E-state index in [2.05, 4.69) is 18.5 Å². The number of allylic oxidation sites excluding steroid dienone is 1. The van der Waals surface area contributed by atoms with Gasteiger partial charge in [-0.2, -0.15) is 0 Å². The molecular weight excluding hydrogens is 622 g/mol. The number of amides is 3. The van der Waals surface area contributed by atoms with Gasteiger partial charge in [0.2, 0.25) is 17.7 Å². The van der Waals surface area contributed by atoms with E-state index in [9.17, 15) is 24.3 Å². The SMILES string of the molecule is C=CCCC(=O)N[C@@H](C)[C@H](OC(=O)[C@@H]1[C@H]2C(=O)N(CCCCCCO)[C@H](C(=O)N(CC=C)C3CCCCC3)[C@]23CC[C@H]1O3)c1ccccc1. The molecule has 4 aliphatic rings. The third kappa shape index (κ3) is 7.80. The highest BCUT2D eigenvalue weighted by atomic mass is 16.6. The lowest BCUT2D eigenvalue weighted by Crippen LogP contribution is -2.58. The van der Waals surface area contributed by atoms with Gasteiger partial charge in [0, 0.05) is 32.2 Å². The van der Waals surface area contributed by atoms with Crippen molar-refractivity contribution < 1.29 is 33.8 Å². The van der Waals surface area contributed by atoms with Crippen molar-refractivity contribution >= 4 is 23.7 Å². The number of benzene rings is 1. The summed E-state index contributed by atoms with van der Waals surface area (Å²) in [5, 5.41) is 12.2. The Balaban J connectivity index is 1.43. The summed E-state index contributed by atoms with van der Waals surface area (Å²) in [6.45, 7) is 10.3. The van der Waals surface area contributed by atoms with Gasteiger partial charge in [-0.3, -0.25) is 19.2 Å². The molecule has 3 amide bonds. The van der Waals surface area contributed by atoms with Crippen LogP contribution in [0.25, 0.3) is 0 Å². The van der Waals surface area contributed by atoms with Crippen molar-refractivity contribution in [2.75, 3.05) is 19.7 Å². The van der Waals surface area contributed by atoms with E-state index in [0.29, 0.717) is 45.2 Å². The fraction of sp³-hybridized carbons (Fsp3) is 0.641. The highest BCUT2D eigenvalue weighted by Crippen LogP contribution is 2.59. The number of aliphatic hydroxyl groups is 1. The molecular formula is C39H55N3O7. The van der Waals surface area contributed by atoms with Gasteiger partial charge < -0.3 is 29.7 Å². The number of fused-ring (bicyclic) bond motifs is 1. The zero-order valence-electron chi connectivity index (χ0n) is 29.1. The summed E-state index contributed by atoms with van der Waals surface area (Å²) in [6.07, 6.45) is 12.1. The van der Waals surface area contributed by atoms with Crippen molar-refractivity contribution in [1.29, 1.82) is 0 Å². The second-order valence-corrected chi connectivity index (χ2v) is 14.2. The standard InChI is InChI=1S/C39H55N3O7/c1-4-6-21-31(44)40-27(3)34(28-17-11-9-12-18-28)48-38(47)32-30-22-23-39(49-30)33(32)36(45)42(25-15-7-8-16-26-43)35(39)37(46)41(24-5-2)29-19-13-10-14-20-29/h4-5,9,11-12,17-18,27,29-30,32-35,43H,1-2,6-8,10,13-16,19-26H2,3H3,(H,40,44)/t27-,30+,32-,33-,34-,35+,39-/m0/s1. The van der Waals surface area contributed by atoms with Crippen LogP contribution in [0.1, 0.15) is 102 Å². The van der Waals surface area contributed by atoms with Crippen LogP contribution < -0.4 is 5.32 Å². The number of hydrogen-bond donors (Lipinski definition) is 2. The molecule has 0 aromatic heterocycles. The molecule has 2 N–H and O–H groups in total. The molecule has 4 fully saturated rings. The topological polar surface area (TPSA) is 125 Å². The lowest BCUT2D eigenvalue weighted by Gasteiger charge is -2.40. The van der Waals surface area contributed by atoms with Crippen LogP contribution >= 0.6 is 0 Å². The van der Waals surface area contributed by atoms with E-state index in [0.717, 1.165) is 50.5 Å². The van der Waals surface area contributed by atoms with Crippen LogP contribution in [0.3, 0.4) is 0 Å². The van der Waals surface area contributed by atoms with Gasteiger partial charge in [-0.15, -0.1) is 13.2 Å². The van der Waals surface area contributed by atoms with Crippen LogP contribution in [-0.4, -0.2) is 88.1 Å². The number of rotatable bonds is 18. The fourth-order valence-corrected chi connectivity index (χ4v) is 8.74. The zero-order valence-corrected chi connectivity index (χ0v) is 29.1. The van der Waals surface area contributed by atoms with Gasteiger partial charge in [0.25, 0.3) is 0 Å². The Morgan fingerprint density at radius 3 is 2.51 bits per heavy atom. The molecule has 0 radical (unpaired) electrons. The van der Waals surface area contributed by atoms with Crippen molar-refractivity contribution in [3.8, 4) is 0 Å². The Bertz CT molecular complexity index is 1330. The third-order valence-electron chi connectivity index (χ3n) is 11.0. The van der Waals surface area contributed by atoms with E-state index in [-0.39, 0.29) is 36.8 Å². The normalized spacial score (nSPS) is 27.3. The van der Waals surface area contributed by atoms with Crippen LogP contribution in [0.15, 0.2) is 55.6 Å². The molecule has 10 nitrogen and oxygen atoms in total. The van der Waals surface area contributed by atoms with Crippen LogP contribution in [-0.2, 0) is 28.7 Å². The monoisotopic (exact) mass is 677 g/mol. The predicted molar refractivity (Wildman–Crippen MR) is 186 cm³/mol. The average molecular weight is 678 g/mol. The highest BCUT2D eigenvalue weighted by molar-refractivity contribution is 5.98. The number of likely N-dealkylation sites (tertiary alicyclic amines) is 1. The van der Waals surface area contributed by atoms with Crippen molar-refractivity contribution in [2.24, 2.45) is 11.8 Å². The molecule has 3 heterocycles. The van der Waals surface area contributed by atoms with Crippen LogP contribution in [0.2, 0.25) is 0 Å². The number of nitrogens with zero attached hydrogens (tertiary/aromatic N) is 2. The summed E-state index contributed by atoms with van der Waals surface area (Å²) in [6, 6.07) is 8.00. The van der Waals surface area contributed by atoms with Crippen LogP contribution in [0, 0.1) is 11.8 Å². The van der Waals surface area contributed by atoms with Crippen molar-refractivity contribution in [1.82, 2.24) is 15.1 Å². The van der Waals surface area contributed by atoms with Crippen molar-refractivity contribution in [3.63, 3.8) is 0 Å². The van der Waals surface area contributed by atoms with Crippen LogP contribution in [0.5, 0.6) is 0 Å². The van der Waals surface area contributed by atoms with Gasteiger partial charge >= 0.3 is 5.97 Å². The minimum atomic E-state index is -1.12. The summed E-state index contributed by atoms with van der Waals surface area (Å²) in [5.41, 5.74) is -0.386. The second-order valence-electron chi connectivity index (χ2n) is 14.2. The molecule has 3 aliphatic heterocycles. The minimum Gasteiger partial charge on any atom is -0.455 e. The minimum absolute atomic E-state index is 0.0744. The van der Waals surface area contributed by atoms with Gasteiger partial charge in [-0.1, -0.05) is 74.6 Å². The number of ether oxygens (including phenoxy) is 2. The Morgan fingerprint density at radius 1 is 1.08 bits per heavy atom. The Labute approximate surface area is 291 Å². The number of esters is 1. The second kappa shape index (κ2) is 16.9. The molecule has 1 aromatic carbocycles. The van der Waals surface area contributed by atoms with Gasteiger partial charge in [0.1, 0.15) is 17.7 Å². The first kappa shape index (κ1) is 36.8. The largest absolute Gasteiger partial charge is 0.455 e. The quantitative estimate of drug-likeness (QED) is 0.127. The van der Waals surface area contributed by atoms with E-state index in [1.54, 1.807) is 17.1 Å². The average Bonchev–Trinajstić information content (AvgIpc) is 3.76. The van der Waals surface area contributed by atoms with E-state index in [4.69, 9.17) is 9.47 Å². The van der Waals surface area contributed by atoms with Gasteiger partial charge in [-0.05, 0) is 57.4 Å². The molecule has 7 atom stereocenters. The highest BCUT2D eigenvalue weighted by Gasteiger charge is 2.75. The molecule has 5 rings (SSSR count). The molecule has 1 aromatic rings. The van der Waals surface area contributed by atoms with Gasteiger partial charge in [0.05, 0.1) is 24.0 Å². The summed E-state index contributed by atoms with van der Waals surface area (Å²) in [5.74, 6) is -2.77. The number of nitrogens with one attached hydrogen (secondary N) is 1. The lowest BCUT2D eigenvalue weighted by molar-refractivity contribution is -0.162. The molecule has 1 aliphatic carbocycles. The van der Waals surface area contributed by atoms with E-state index in [1.165, 1.54) is 0 Å². The first-order chi connectivity index (χ1) is 23.8. The number of hydrogen-bond acceptors (Lipinski definition) is 7. The Morgan fingerprint density at radius 2 is 1.82 bits per heavy atom. The number of unbranched alkanes of at least 4 members (excludes halogenated alkanes) is 3. The van der Waals surface area contributed by atoms with E-state index < -0.39 is 47.7 Å². The van der Waals surface area contributed by atoms with E-state index >= 15 is 0 Å². The lowest BCUT2D eigenvalue weighted by atomic mass is 9.70. The van der Waals surface area contributed by atoms with E-state index in [1.807, 2.05) is 42.2 Å². The molecule has 10 heteroatoms. The summed E-state index contributed by atoms with van der Waals surface area (Å²) in [7, 11) is 0. The fourth-order valence-electron chi connectivity index (χ4n) is 8.74. The summed E-state index contributed by atoms with van der Waals surface area (Å²) < 4.78 is 13.0. The molecule has 49 heavy (non-hydrogen) atoms. The molecule has 1 spiro atoms. The maximum atomic E-state index is 14.8. The third-order valence-corrected chi connectivity index (χ3v) is 11.0. The molecule has 1 saturated carbocycles. The predicted octanol–water partition coefficient (Wildman–Crippen LogP) is 5.02. The zero-order chi connectivity index (χ0) is 35.0.